The second kappa shape index (κ2) is 14.1. The first-order chi connectivity index (χ1) is 21.0. The van der Waals surface area contributed by atoms with Crippen LogP contribution >= 0.6 is 0 Å². The maximum absolute atomic E-state index is 12.2. The fourth-order valence-corrected chi connectivity index (χ4v) is 5.26. The van der Waals surface area contributed by atoms with Crippen molar-refractivity contribution in [3.63, 3.8) is 0 Å². The summed E-state index contributed by atoms with van der Waals surface area (Å²) in [6, 6.07) is 21.5. The number of benzene rings is 4. The lowest BCUT2D eigenvalue weighted by Gasteiger charge is -2.06. The zero-order valence-corrected chi connectivity index (χ0v) is 25.2. The van der Waals surface area contributed by atoms with Crippen LogP contribution in [0.25, 0.3) is 12.2 Å². The first-order valence-corrected chi connectivity index (χ1v) is 16.0. The van der Waals surface area contributed by atoms with Crippen LogP contribution in [0.1, 0.15) is 25.0 Å². The predicted octanol–water partition coefficient (Wildman–Crippen LogP) is 7.98. The molecule has 2 N–H and O–H groups in total. The quantitative estimate of drug-likeness (QED) is 0.0893. The molecular formula is C30H28N4O8S2. The molecule has 44 heavy (non-hydrogen) atoms. The lowest BCUT2D eigenvalue weighted by Crippen LogP contribution is -2.01. The lowest BCUT2D eigenvalue weighted by atomic mass is 10.1. The summed E-state index contributed by atoms with van der Waals surface area (Å²) in [5.41, 5.74) is 1.34. The van der Waals surface area contributed by atoms with E-state index < -0.39 is 30.0 Å². The van der Waals surface area contributed by atoms with Gasteiger partial charge in [-0.3, -0.25) is 9.11 Å². The Morgan fingerprint density at radius 1 is 0.545 bits per heavy atom. The van der Waals surface area contributed by atoms with Crippen LogP contribution in [-0.4, -0.2) is 39.2 Å². The van der Waals surface area contributed by atoms with Gasteiger partial charge < -0.3 is 9.47 Å². The van der Waals surface area contributed by atoms with Crippen molar-refractivity contribution in [1.82, 2.24) is 0 Å². The Morgan fingerprint density at radius 3 is 1.18 bits per heavy atom. The highest BCUT2D eigenvalue weighted by atomic mass is 32.2. The van der Waals surface area contributed by atoms with E-state index >= 15 is 0 Å². The number of rotatable bonds is 12. The maximum Gasteiger partial charge on any atom is 0.295 e. The molecule has 0 amide bonds. The minimum absolute atomic E-state index is 0.0352. The van der Waals surface area contributed by atoms with Crippen molar-refractivity contribution in [3.8, 4) is 11.5 Å². The zero-order chi connectivity index (χ0) is 31.7. The van der Waals surface area contributed by atoms with Gasteiger partial charge >= 0.3 is 0 Å². The van der Waals surface area contributed by atoms with Gasteiger partial charge in [0.1, 0.15) is 21.3 Å². The van der Waals surface area contributed by atoms with Gasteiger partial charge in [0, 0.05) is 0 Å². The molecule has 0 spiro atoms. The summed E-state index contributed by atoms with van der Waals surface area (Å²) >= 11 is 0. The molecule has 0 atom stereocenters. The third-order valence-corrected chi connectivity index (χ3v) is 7.67. The first-order valence-electron chi connectivity index (χ1n) is 13.2. The summed E-state index contributed by atoms with van der Waals surface area (Å²) < 4.78 is 79.2. The molecule has 228 valence electrons. The highest BCUT2D eigenvalue weighted by Gasteiger charge is 2.17. The molecule has 12 nitrogen and oxygen atoms in total. The van der Waals surface area contributed by atoms with E-state index in [9.17, 15) is 25.9 Å². The Bertz CT molecular complexity index is 1780. The summed E-state index contributed by atoms with van der Waals surface area (Å²) in [5, 5.41) is 16.2. The molecule has 4 aromatic rings. The fraction of sp³-hybridized carbons (Fsp3) is 0.133. The number of ether oxygens (including phenoxy) is 2. The normalized spacial score (nSPS) is 12.4. The van der Waals surface area contributed by atoms with Gasteiger partial charge in [-0.15, -0.1) is 0 Å². The van der Waals surface area contributed by atoms with Crippen LogP contribution in [0.5, 0.6) is 11.5 Å². The van der Waals surface area contributed by atoms with Gasteiger partial charge in [0.25, 0.3) is 20.2 Å². The Labute approximate surface area is 254 Å². The third-order valence-electron chi connectivity index (χ3n) is 5.85. The van der Waals surface area contributed by atoms with Gasteiger partial charge in [-0.25, -0.2) is 0 Å². The van der Waals surface area contributed by atoms with Crippen LogP contribution < -0.4 is 9.47 Å². The average molecular weight is 637 g/mol. The molecular weight excluding hydrogens is 608 g/mol. The van der Waals surface area contributed by atoms with Crippen molar-refractivity contribution >= 4 is 55.1 Å². The SMILES string of the molecule is CCOc1ccc(N=Nc2ccc(/C=C\c3ccc(N=Nc4ccc(OCC)cc4)cc3S(=O)(=O)O)c(S(=O)(=O)O)c2)cc1. The number of azo groups is 2. The molecule has 4 rings (SSSR count). The standard InChI is InChI=1S/C30H28N4O8S2/c1-3-41-27-15-11-23(12-16-27)31-33-25-9-7-21(29(19-25)43(35,36)37)5-6-22-8-10-26(20-30(22)44(38,39)40)34-32-24-13-17-28(18-14-24)42-4-2/h5-20H,3-4H2,1-2H3,(H,35,36,37)(H,38,39,40)/b6-5-,33-31?,34-32?. The van der Waals surface area contributed by atoms with Crippen molar-refractivity contribution in [2.24, 2.45) is 20.5 Å². The molecule has 14 heteroatoms. The first kappa shape index (κ1) is 32.2. The van der Waals surface area contributed by atoms with Gasteiger partial charge in [0.05, 0.1) is 36.0 Å². The fourth-order valence-electron chi connectivity index (χ4n) is 3.85. The molecule has 0 aliphatic heterocycles. The van der Waals surface area contributed by atoms with Gasteiger partial charge in [0.15, 0.2) is 0 Å². The molecule has 0 saturated carbocycles. The Hall–Kier alpha value is -4.76. The van der Waals surface area contributed by atoms with E-state index in [2.05, 4.69) is 20.5 Å². The van der Waals surface area contributed by atoms with E-state index in [-0.39, 0.29) is 22.5 Å². The van der Waals surface area contributed by atoms with Crippen molar-refractivity contribution < 1.29 is 35.4 Å². The smallest absolute Gasteiger partial charge is 0.295 e. The second-order valence-electron chi connectivity index (χ2n) is 8.98. The molecule has 0 aromatic heterocycles. The number of hydrogen-bond donors (Lipinski definition) is 2. The highest BCUT2D eigenvalue weighted by molar-refractivity contribution is 7.86. The van der Waals surface area contributed by atoms with Crippen LogP contribution in [0.4, 0.5) is 22.7 Å². The van der Waals surface area contributed by atoms with Crippen LogP contribution in [0, 0.1) is 0 Å². The van der Waals surface area contributed by atoms with E-state index in [4.69, 9.17) is 9.47 Å². The molecule has 4 aromatic carbocycles. The Kier molecular flexibility index (Phi) is 10.3. The topological polar surface area (TPSA) is 177 Å². The second-order valence-corrected chi connectivity index (χ2v) is 11.8. The molecule has 0 radical (unpaired) electrons. The minimum atomic E-state index is -4.71. The molecule has 0 aliphatic carbocycles. The third kappa shape index (κ3) is 8.87. The van der Waals surface area contributed by atoms with E-state index in [1.54, 1.807) is 48.5 Å². The minimum Gasteiger partial charge on any atom is -0.494 e. The maximum atomic E-state index is 12.2. The van der Waals surface area contributed by atoms with Crippen molar-refractivity contribution in [2.45, 2.75) is 23.6 Å². The monoisotopic (exact) mass is 636 g/mol. The van der Waals surface area contributed by atoms with Crippen LogP contribution in [0.15, 0.2) is 115 Å². The van der Waals surface area contributed by atoms with Crippen LogP contribution in [0.2, 0.25) is 0 Å². The summed E-state index contributed by atoms with van der Waals surface area (Å²) in [4.78, 5) is -0.961. The van der Waals surface area contributed by atoms with E-state index in [0.717, 1.165) is 12.1 Å². The Morgan fingerprint density at radius 2 is 0.864 bits per heavy atom. The molecule has 0 bridgehead atoms. The molecule has 0 heterocycles. The van der Waals surface area contributed by atoms with Crippen LogP contribution in [0.3, 0.4) is 0 Å². The van der Waals surface area contributed by atoms with Crippen LogP contribution in [-0.2, 0) is 20.2 Å². The van der Waals surface area contributed by atoms with E-state index in [1.807, 2.05) is 13.8 Å². The molecule has 0 aliphatic rings. The Balaban J connectivity index is 1.60. The predicted molar refractivity (Wildman–Crippen MR) is 165 cm³/mol. The summed E-state index contributed by atoms with van der Waals surface area (Å²) in [5.74, 6) is 1.33. The average Bonchev–Trinajstić information content (AvgIpc) is 2.99. The lowest BCUT2D eigenvalue weighted by molar-refractivity contribution is 0.340. The van der Waals surface area contributed by atoms with Gasteiger partial charge in [-0.2, -0.15) is 37.3 Å². The highest BCUT2D eigenvalue weighted by Crippen LogP contribution is 2.30. The number of nitrogens with zero attached hydrogens (tertiary/aromatic N) is 4. The van der Waals surface area contributed by atoms with E-state index in [0.29, 0.717) is 36.1 Å². The van der Waals surface area contributed by atoms with Crippen molar-refractivity contribution in [1.29, 1.82) is 0 Å². The van der Waals surface area contributed by atoms with Crippen molar-refractivity contribution in [3.05, 3.63) is 96.1 Å². The van der Waals surface area contributed by atoms with Gasteiger partial charge in [-0.05, 0) is 97.8 Å². The number of hydrogen-bond acceptors (Lipinski definition) is 10. The molecule has 0 unspecified atom stereocenters. The summed E-state index contributed by atoms with van der Waals surface area (Å²) in [7, 11) is -9.43. The van der Waals surface area contributed by atoms with E-state index in [1.165, 1.54) is 36.4 Å². The van der Waals surface area contributed by atoms with Crippen molar-refractivity contribution in [2.75, 3.05) is 13.2 Å². The zero-order valence-electron chi connectivity index (χ0n) is 23.6. The summed E-state index contributed by atoms with van der Waals surface area (Å²) in [6.45, 7) is 4.75. The van der Waals surface area contributed by atoms with Gasteiger partial charge in [-0.1, -0.05) is 24.3 Å². The summed E-state index contributed by atoms with van der Waals surface area (Å²) in [6.07, 6.45) is 2.56. The molecule has 0 fully saturated rings. The molecule has 0 saturated heterocycles. The largest absolute Gasteiger partial charge is 0.494 e. The van der Waals surface area contributed by atoms with Gasteiger partial charge in [0.2, 0.25) is 0 Å².